The molecule has 1 heterocycles. The first-order chi connectivity index (χ1) is 5.65. The summed E-state index contributed by atoms with van der Waals surface area (Å²) in [4.78, 5) is 0. The van der Waals surface area contributed by atoms with Crippen LogP contribution in [0.5, 0.6) is 0 Å². The van der Waals surface area contributed by atoms with Gasteiger partial charge in [0.25, 0.3) is 0 Å². The summed E-state index contributed by atoms with van der Waals surface area (Å²) in [6.07, 6.45) is 2.84. The molecule has 2 unspecified atom stereocenters. The predicted octanol–water partition coefficient (Wildman–Crippen LogP) is 0.265. The van der Waals surface area contributed by atoms with E-state index in [-0.39, 0.29) is 11.5 Å². The highest BCUT2D eigenvalue weighted by atomic mass is 16.5. The Kier molecular flexibility index (Phi) is 1.72. The van der Waals surface area contributed by atoms with Crippen molar-refractivity contribution in [3.05, 3.63) is 0 Å². The fraction of sp³-hybridized carbons (Fsp3) is 1.00. The van der Waals surface area contributed by atoms with E-state index in [1.165, 1.54) is 0 Å². The minimum atomic E-state index is -0.637. The summed E-state index contributed by atoms with van der Waals surface area (Å²) in [7, 11) is 0. The zero-order chi connectivity index (χ0) is 8.82. The largest absolute Gasteiger partial charge is 0.386 e. The van der Waals surface area contributed by atoms with Crippen molar-refractivity contribution in [2.75, 3.05) is 13.2 Å². The third-order valence-corrected chi connectivity index (χ3v) is 3.69. The predicted molar refractivity (Wildman–Crippen MR) is 45.7 cm³/mol. The van der Waals surface area contributed by atoms with Crippen LogP contribution in [0.2, 0.25) is 0 Å². The van der Waals surface area contributed by atoms with Crippen LogP contribution >= 0.6 is 0 Å². The molecule has 2 aliphatic rings. The van der Waals surface area contributed by atoms with E-state index in [4.69, 9.17) is 10.5 Å². The summed E-state index contributed by atoms with van der Waals surface area (Å²) in [6, 6.07) is 0. The number of aliphatic hydroxyl groups is 1. The molecule has 0 aromatic rings. The molecule has 0 radical (unpaired) electrons. The lowest BCUT2D eigenvalue weighted by Crippen LogP contribution is -2.48. The number of nitrogens with two attached hydrogens (primary N) is 1. The van der Waals surface area contributed by atoms with Crippen molar-refractivity contribution >= 4 is 0 Å². The number of hydrogen-bond donors (Lipinski definition) is 2. The van der Waals surface area contributed by atoms with E-state index in [9.17, 15) is 5.11 Å². The second-order valence-corrected chi connectivity index (χ2v) is 4.17. The van der Waals surface area contributed by atoms with Crippen LogP contribution < -0.4 is 5.73 Å². The van der Waals surface area contributed by atoms with Crippen molar-refractivity contribution in [3.8, 4) is 0 Å². The van der Waals surface area contributed by atoms with Crippen molar-refractivity contribution in [2.45, 2.75) is 37.9 Å². The van der Waals surface area contributed by atoms with E-state index in [1.54, 1.807) is 0 Å². The first kappa shape index (κ1) is 8.48. The van der Waals surface area contributed by atoms with E-state index in [0.717, 1.165) is 19.3 Å². The van der Waals surface area contributed by atoms with Gasteiger partial charge in [-0.2, -0.15) is 0 Å². The molecule has 1 aliphatic carbocycles. The van der Waals surface area contributed by atoms with Crippen LogP contribution in [0.4, 0.5) is 0 Å². The summed E-state index contributed by atoms with van der Waals surface area (Å²) >= 11 is 0. The van der Waals surface area contributed by atoms with Crippen LogP contribution in [0.15, 0.2) is 0 Å². The average molecular weight is 171 g/mol. The van der Waals surface area contributed by atoms with Crippen LogP contribution in [-0.2, 0) is 4.74 Å². The second kappa shape index (κ2) is 2.44. The Labute approximate surface area is 72.9 Å². The maximum absolute atomic E-state index is 10.3. The maximum Gasteiger partial charge on any atom is 0.0995 e. The lowest BCUT2D eigenvalue weighted by atomic mass is 9.79. The Bertz CT molecular complexity index is 191. The normalized spacial score (nSPS) is 44.8. The molecule has 1 saturated heterocycles. The van der Waals surface area contributed by atoms with Gasteiger partial charge in [0.2, 0.25) is 0 Å². The number of rotatable bonds is 2. The summed E-state index contributed by atoms with van der Waals surface area (Å²) < 4.78 is 5.39. The van der Waals surface area contributed by atoms with E-state index in [1.807, 2.05) is 6.92 Å². The summed E-state index contributed by atoms with van der Waals surface area (Å²) in [6.45, 7) is 3.22. The van der Waals surface area contributed by atoms with Gasteiger partial charge in [0.15, 0.2) is 0 Å². The molecule has 12 heavy (non-hydrogen) atoms. The SMILES string of the molecule is CC1OCCC1(O)C1(CN)CC1. The smallest absolute Gasteiger partial charge is 0.0995 e. The molecule has 0 aromatic heterocycles. The van der Waals surface area contributed by atoms with Gasteiger partial charge in [0.05, 0.1) is 11.7 Å². The topological polar surface area (TPSA) is 55.5 Å². The summed E-state index contributed by atoms with van der Waals surface area (Å²) in [5, 5.41) is 10.3. The van der Waals surface area contributed by atoms with E-state index in [0.29, 0.717) is 13.2 Å². The first-order valence-corrected chi connectivity index (χ1v) is 4.69. The van der Waals surface area contributed by atoms with Crippen LogP contribution in [0.3, 0.4) is 0 Å². The van der Waals surface area contributed by atoms with Crippen molar-refractivity contribution < 1.29 is 9.84 Å². The molecule has 0 bridgehead atoms. The van der Waals surface area contributed by atoms with Gasteiger partial charge in [0.1, 0.15) is 0 Å². The fourth-order valence-corrected chi connectivity index (χ4v) is 2.39. The quantitative estimate of drug-likeness (QED) is 0.627. The lowest BCUT2D eigenvalue weighted by molar-refractivity contribution is -0.0776. The standard InChI is InChI=1S/C9H17NO2/c1-7-9(11,4-5-12-7)8(6-10)2-3-8/h7,11H,2-6,10H2,1H3. The van der Waals surface area contributed by atoms with Crippen molar-refractivity contribution in [2.24, 2.45) is 11.1 Å². The first-order valence-electron chi connectivity index (χ1n) is 4.69. The molecule has 0 spiro atoms. The highest BCUT2D eigenvalue weighted by Gasteiger charge is 2.62. The van der Waals surface area contributed by atoms with Gasteiger partial charge in [-0.15, -0.1) is 0 Å². The molecule has 2 fully saturated rings. The minimum absolute atomic E-state index is 0.0110. The zero-order valence-electron chi connectivity index (χ0n) is 7.55. The van der Waals surface area contributed by atoms with E-state index < -0.39 is 5.60 Å². The Morgan fingerprint density at radius 1 is 1.50 bits per heavy atom. The monoisotopic (exact) mass is 171 g/mol. The third kappa shape index (κ3) is 0.873. The highest BCUT2D eigenvalue weighted by molar-refractivity contribution is 5.13. The van der Waals surface area contributed by atoms with Crippen LogP contribution in [-0.4, -0.2) is 30.0 Å². The summed E-state index contributed by atoms with van der Waals surface area (Å²) in [5.41, 5.74) is 5.03. The second-order valence-electron chi connectivity index (χ2n) is 4.17. The molecule has 70 valence electrons. The third-order valence-electron chi connectivity index (χ3n) is 3.69. The molecule has 0 aromatic carbocycles. The van der Waals surface area contributed by atoms with Crippen molar-refractivity contribution in [1.29, 1.82) is 0 Å². The average Bonchev–Trinajstić information content (AvgIpc) is 2.78. The molecule has 2 atom stereocenters. The Hall–Kier alpha value is -0.120. The number of hydrogen-bond acceptors (Lipinski definition) is 3. The Balaban J connectivity index is 2.19. The molecule has 1 aliphatic heterocycles. The van der Waals surface area contributed by atoms with Gasteiger partial charge < -0.3 is 15.6 Å². The molecule has 2 rings (SSSR count). The molecular weight excluding hydrogens is 154 g/mol. The Morgan fingerprint density at radius 3 is 2.50 bits per heavy atom. The molecule has 3 heteroatoms. The maximum atomic E-state index is 10.3. The Morgan fingerprint density at radius 2 is 2.17 bits per heavy atom. The van der Waals surface area contributed by atoms with Gasteiger partial charge in [0, 0.05) is 25.0 Å². The number of ether oxygens (including phenoxy) is 1. The molecule has 3 N–H and O–H groups in total. The van der Waals surface area contributed by atoms with Gasteiger partial charge in [-0.1, -0.05) is 0 Å². The van der Waals surface area contributed by atoms with Crippen LogP contribution in [0.25, 0.3) is 0 Å². The molecule has 1 saturated carbocycles. The van der Waals surface area contributed by atoms with Gasteiger partial charge >= 0.3 is 0 Å². The van der Waals surface area contributed by atoms with Gasteiger partial charge in [-0.3, -0.25) is 0 Å². The fourth-order valence-electron chi connectivity index (χ4n) is 2.39. The van der Waals surface area contributed by atoms with Crippen molar-refractivity contribution in [1.82, 2.24) is 0 Å². The summed E-state index contributed by atoms with van der Waals surface area (Å²) in [5.74, 6) is 0. The lowest BCUT2D eigenvalue weighted by Gasteiger charge is -2.34. The van der Waals surface area contributed by atoms with E-state index >= 15 is 0 Å². The van der Waals surface area contributed by atoms with E-state index in [2.05, 4.69) is 0 Å². The molecule has 0 amide bonds. The van der Waals surface area contributed by atoms with Gasteiger partial charge in [-0.05, 0) is 19.8 Å². The van der Waals surface area contributed by atoms with Crippen molar-refractivity contribution in [3.63, 3.8) is 0 Å². The zero-order valence-corrected chi connectivity index (χ0v) is 7.55. The van der Waals surface area contributed by atoms with Gasteiger partial charge in [-0.25, -0.2) is 0 Å². The minimum Gasteiger partial charge on any atom is -0.386 e. The van der Waals surface area contributed by atoms with Crippen LogP contribution in [0, 0.1) is 5.41 Å². The van der Waals surface area contributed by atoms with Crippen LogP contribution in [0.1, 0.15) is 26.2 Å². The molecule has 3 nitrogen and oxygen atoms in total. The highest BCUT2D eigenvalue weighted by Crippen LogP contribution is 2.57. The molecular formula is C9H17NO2.